The Morgan fingerprint density at radius 1 is 1.62 bits per heavy atom. The van der Waals surface area contributed by atoms with E-state index in [0.717, 1.165) is 10.0 Å². The van der Waals surface area contributed by atoms with E-state index >= 15 is 0 Å². The summed E-state index contributed by atoms with van der Waals surface area (Å²) in [5.74, 6) is -0.295. The minimum Gasteiger partial charge on any atom is -0.466 e. The highest BCUT2D eigenvalue weighted by Gasteiger charge is 2.15. The van der Waals surface area contributed by atoms with E-state index in [-0.39, 0.29) is 18.4 Å². The molecule has 1 aromatic rings. The van der Waals surface area contributed by atoms with Crippen LogP contribution >= 0.6 is 27.5 Å². The number of benzene rings is 1. The number of esters is 1. The van der Waals surface area contributed by atoms with Crippen molar-refractivity contribution in [3.8, 4) is 0 Å². The highest BCUT2D eigenvalue weighted by atomic mass is 79.9. The quantitative estimate of drug-likeness (QED) is 0.870. The first-order chi connectivity index (χ1) is 7.54. The van der Waals surface area contributed by atoms with E-state index in [1.807, 2.05) is 0 Å². The van der Waals surface area contributed by atoms with Gasteiger partial charge >= 0.3 is 5.97 Å². The van der Waals surface area contributed by atoms with Gasteiger partial charge in [-0.3, -0.25) is 4.79 Å². The third kappa shape index (κ3) is 3.77. The number of halogens is 2. The van der Waals surface area contributed by atoms with Crippen LogP contribution in [-0.4, -0.2) is 12.6 Å². The Hall–Kier alpha value is -0.580. The van der Waals surface area contributed by atoms with Gasteiger partial charge in [-0.05, 0) is 24.6 Å². The average Bonchev–Trinajstić information content (AvgIpc) is 2.17. The number of carbonyl (C=O) groups excluding carboxylic acids is 1. The molecular weight excluding hydrogens is 293 g/mol. The molecule has 3 nitrogen and oxygen atoms in total. The summed E-state index contributed by atoms with van der Waals surface area (Å²) in [6, 6.07) is 4.91. The molecule has 16 heavy (non-hydrogen) atoms. The molecule has 0 saturated carbocycles. The molecule has 2 N–H and O–H groups in total. The zero-order chi connectivity index (χ0) is 12.1. The minimum atomic E-state index is -0.384. The standard InChI is InChI=1S/C11H13BrClNO2/c1-2-16-11(15)6-10(14)8-4-3-7(13)5-9(8)12/h3-5,10H,2,6,14H2,1H3/t10-/m0/s1. The Labute approximate surface area is 108 Å². The molecule has 0 unspecified atom stereocenters. The number of nitrogens with two attached hydrogens (primary N) is 1. The van der Waals surface area contributed by atoms with Gasteiger partial charge in [0.2, 0.25) is 0 Å². The number of rotatable bonds is 4. The van der Waals surface area contributed by atoms with Crippen molar-refractivity contribution in [2.75, 3.05) is 6.61 Å². The van der Waals surface area contributed by atoms with E-state index in [2.05, 4.69) is 15.9 Å². The highest BCUT2D eigenvalue weighted by Crippen LogP contribution is 2.27. The van der Waals surface area contributed by atoms with Gasteiger partial charge in [-0.2, -0.15) is 0 Å². The largest absolute Gasteiger partial charge is 0.466 e. The van der Waals surface area contributed by atoms with Crippen LogP contribution in [-0.2, 0) is 9.53 Å². The van der Waals surface area contributed by atoms with E-state index in [0.29, 0.717) is 11.6 Å². The van der Waals surface area contributed by atoms with Crippen molar-refractivity contribution in [3.63, 3.8) is 0 Å². The van der Waals surface area contributed by atoms with Crippen LogP contribution in [0.25, 0.3) is 0 Å². The maximum absolute atomic E-state index is 11.3. The van der Waals surface area contributed by atoms with E-state index in [1.165, 1.54) is 0 Å². The maximum Gasteiger partial charge on any atom is 0.307 e. The van der Waals surface area contributed by atoms with Gasteiger partial charge in [-0.1, -0.05) is 33.6 Å². The topological polar surface area (TPSA) is 52.3 Å². The first-order valence-corrected chi connectivity index (χ1v) is 6.07. The van der Waals surface area contributed by atoms with Gasteiger partial charge in [0.1, 0.15) is 0 Å². The first kappa shape index (κ1) is 13.5. The van der Waals surface area contributed by atoms with E-state index in [1.54, 1.807) is 25.1 Å². The van der Waals surface area contributed by atoms with E-state index < -0.39 is 0 Å². The molecule has 5 heteroatoms. The van der Waals surface area contributed by atoms with Gasteiger partial charge in [0.25, 0.3) is 0 Å². The van der Waals surface area contributed by atoms with Crippen LogP contribution in [0, 0.1) is 0 Å². The molecule has 1 aromatic carbocycles. The number of carbonyl (C=O) groups is 1. The Bertz CT molecular complexity index is 384. The molecule has 1 rings (SSSR count). The summed E-state index contributed by atoms with van der Waals surface area (Å²) in [7, 11) is 0. The molecular formula is C11H13BrClNO2. The van der Waals surface area contributed by atoms with Gasteiger partial charge in [0, 0.05) is 15.5 Å². The summed E-state index contributed by atoms with van der Waals surface area (Å²) in [4.78, 5) is 11.3. The third-order valence-electron chi connectivity index (χ3n) is 2.05. The van der Waals surface area contributed by atoms with E-state index in [4.69, 9.17) is 22.1 Å². The highest BCUT2D eigenvalue weighted by molar-refractivity contribution is 9.10. The normalized spacial score (nSPS) is 12.2. The van der Waals surface area contributed by atoms with Crippen LogP contribution in [0.4, 0.5) is 0 Å². The summed E-state index contributed by atoms with van der Waals surface area (Å²) in [5, 5.41) is 0.624. The zero-order valence-corrected chi connectivity index (χ0v) is 11.2. The van der Waals surface area contributed by atoms with Gasteiger partial charge in [-0.25, -0.2) is 0 Å². The van der Waals surface area contributed by atoms with Crippen LogP contribution in [0.1, 0.15) is 24.9 Å². The van der Waals surface area contributed by atoms with Gasteiger partial charge in [-0.15, -0.1) is 0 Å². The van der Waals surface area contributed by atoms with Crippen LogP contribution in [0.5, 0.6) is 0 Å². The summed E-state index contributed by atoms with van der Waals surface area (Å²) in [6.45, 7) is 2.13. The average molecular weight is 307 g/mol. The smallest absolute Gasteiger partial charge is 0.307 e. The molecule has 0 aliphatic carbocycles. The Kier molecular flexibility index (Phi) is 5.25. The summed E-state index contributed by atoms with van der Waals surface area (Å²) in [5.41, 5.74) is 6.75. The fourth-order valence-electron chi connectivity index (χ4n) is 1.31. The Morgan fingerprint density at radius 3 is 2.88 bits per heavy atom. The molecule has 0 aliphatic heterocycles. The van der Waals surface area contributed by atoms with Crippen LogP contribution in [0.3, 0.4) is 0 Å². The Balaban J connectivity index is 2.72. The maximum atomic E-state index is 11.3. The second-order valence-electron chi connectivity index (χ2n) is 3.28. The summed E-state index contributed by atoms with van der Waals surface area (Å²) >= 11 is 9.17. The lowest BCUT2D eigenvalue weighted by Crippen LogP contribution is -2.17. The third-order valence-corrected chi connectivity index (χ3v) is 2.98. The molecule has 0 heterocycles. The summed E-state index contributed by atoms with van der Waals surface area (Å²) in [6.07, 6.45) is 0.161. The molecule has 0 aliphatic rings. The zero-order valence-electron chi connectivity index (χ0n) is 8.87. The van der Waals surface area contributed by atoms with Crippen molar-refractivity contribution < 1.29 is 9.53 Å². The SMILES string of the molecule is CCOC(=O)C[C@H](N)c1ccc(Cl)cc1Br. The molecule has 0 fully saturated rings. The first-order valence-electron chi connectivity index (χ1n) is 4.90. The second kappa shape index (κ2) is 6.23. The summed E-state index contributed by atoms with van der Waals surface area (Å²) < 4.78 is 5.64. The van der Waals surface area contributed by atoms with Crippen molar-refractivity contribution in [3.05, 3.63) is 33.3 Å². The van der Waals surface area contributed by atoms with Crippen molar-refractivity contribution in [2.24, 2.45) is 5.73 Å². The monoisotopic (exact) mass is 305 g/mol. The van der Waals surface area contributed by atoms with Gasteiger partial charge in [0.05, 0.1) is 13.0 Å². The molecule has 0 amide bonds. The lowest BCUT2D eigenvalue weighted by Gasteiger charge is -2.13. The van der Waals surface area contributed by atoms with Crippen molar-refractivity contribution >= 4 is 33.5 Å². The second-order valence-corrected chi connectivity index (χ2v) is 4.57. The number of hydrogen-bond donors (Lipinski definition) is 1. The number of ether oxygens (including phenoxy) is 1. The minimum absolute atomic E-state index is 0.161. The van der Waals surface area contributed by atoms with Crippen LogP contribution < -0.4 is 5.73 Å². The molecule has 0 spiro atoms. The molecule has 0 saturated heterocycles. The number of hydrogen-bond acceptors (Lipinski definition) is 3. The fraction of sp³-hybridized carbons (Fsp3) is 0.364. The Morgan fingerprint density at radius 2 is 2.31 bits per heavy atom. The molecule has 88 valence electrons. The van der Waals surface area contributed by atoms with Crippen molar-refractivity contribution in [1.29, 1.82) is 0 Å². The molecule has 0 radical (unpaired) electrons. The lowest BCUT2D eigenvalue weighted by molar-refractivity contribution is -0.143. The lowest BCUT2D eigenvalue weighted by atomic mass is 10.1. The van der Waals surface area contributed by atoms with Crippen LogP contribution in [0.2, 0.25) is 5.02 Å². The molecule has 1 atom stereocenters. The predicted octanol–water partition coefficient (Wildman–Crippen LogP) is 3.06. The van der Waals surface area contributed by atoms with E-state index in [9.17, 15) is 4.79 Å². The van der Waals surface area contributed by atoms with Crippen molar-refractivity contribution in [2.45, 2.75) is 19.4 Å². The fourth-order valence-corrected chi connectivity index (χ4v) is 2.29. The van der Waals surface area contributed by atoms with Gasteiger partial charge < -0.3 is 10.5 Å². The van der Waals surface area contributed by atoms with Crippen LogP contribution in [0.15, 0.2) is 22.7 Å². The predicted molar refractivity (Wildman–Crippen MR) is 67.3 cm³/mol. The molecule has 0 bridgehead atoms. The van der Waals surface area contributed by atoms with Gasteiger partial charge in [0.15, 0.2) is 0 Å². The molecule has 0 aromatic heterocycles. The van der Waals surface area contributed by atoms with Crippen molar-refractivity contribution in [1.82, 2.24) is 0 Å².